The van der Waals surface area contributed by atoms with Gasteiger partial charge in [-0.05, 0) is 50.2 Å². The quantitative estimate of drug-likeness (QED) is 0.662. The van der Waals surface area contributed by atoms with E-state index in [2.05, 4.69) is 20.8 Å². The number of anilines is 2. The summed E-state index contributed by atoms with van der Waals surface area (Å²) in [6, 6.07) is 7.82. The van der Waals surface area contributed by atoms with Gasteiger partial charge in [-0.1, -0.05) is 0 Å². The number of rotatable bonds is 5. The van der Waals surface area contributed by atoms with E-state index in [0.29, 0.717) is 11.4 Å². The maximum absolute atomic E-state index is 12.8. The van der Waals surface area contributed by atoms with Crippen LogP contribution in [0.2, 0.25) is 0 Å². The van der Waals surface area contributed by atoms with Gasteiger partial charge in [0.15, 0.2) is 11.4 Å². The Morgan fingerprint density at radius 2 is 1.63 bits per heavy atom. The number of benzene rings is 1. The zero-order chi connectivity index (χ0) is 22.1. The number of carbonyl (C=O) groups excluding carboxylic acids is 2. The van der Waals surface area contributed by atoms with Gasteiger partial charge in [0, 0.05) is 30.3 Å². The molecule has 0 saturated heterocycles. The van der Waals surface area contributed by atoms with Crippen LogP contribution in [0.15, 0.2) is 42.6 Å². The molecule has 0 radical (unpaired) electrons. The molecule has 0 fully saturated rings. The number of nitrogens with one attached hydrogen (secondary N) is 2. The Morgan fingerprint density at radius 3 is 2.13 bits per heavy atom. The molecule has 0 aliphatic heterocycles. The highest BCUT2D eigenvalue weighted by Crippen LogP contribution is 2.29. The fourth-order valence-electron chi connectivity index (χ4n) is 2.74. The molecule has 3 aromatic rings. The summed E-state index contributed by atoms with van der Waals surface area (Å²) in [6.45, 7) is 2.90. The molecule has 0 bridgehead atoms. The molecule has 2 N–H and O–H groups in total. The predicted octanol–water partition coefficient (Wildman–Crippen LogP) is 3.40. The first-order valence-electron chi connectivity index (χ1n) is 8.90. The van der Waals surface area contributed by atoms with Crippen LogP contribution >= 0.6 is 0 Å². The molecular formula is C19H19F3N6O2. The largest absolute Gasteiger partial charge is 0.435 e. The summed E-state index contributed by atoms with van der Waals surface area (Å²) < 4.78 is 41.0. The highest BCUT2D eigenvalue weighted by Gasteiger charge is 2.35. The molecule has 2 heterocycles. The van der Waals surface area contributed by atoms with Crippen LogP contribution < -0.4 is 10.6 Å². The van der Waals surface area contributed by atoms with Crippen LogP contribution in [-0.4, -0.2) is 31.4 Å². The normalized spacial score (nSPS) is 12.5. The monoisotopic (exact) mass is 420 g/mol. The molecule has 0 spiro atoms. The van der Waals surface area contributed by atoms with Crippen molar-refractivity contribution in [3.05, 3.63) is 59.7 Å². The van der Waals surface area contributed by atoms with E-state index in [1.54, 1.807) is 43.6 Å². The minimum atomic E-state index is -4.58. The Kier molecular flexibility index (Phi) is 5.63. The van der Waals surface area contributed by atoms with Gasteiger partial charge in [-0.25, -0.2) is 0 Å². The van der Waals surface area contributed by atoms with Gasteiger partial charge in [0.1, 0.15) is 6.04 Å². The molecule has 8 nitrogen and oxygen atoms in total. The summed E-state index contributed by atoms with van der Waals surface area (Å²) in [5.74, 6) is -0.907. The van der Waals surface area contributed by atoms with Gasteiger partial charge < -0.3 is 10.6 Å². The molecule has 30 heavy (non-hydrogen) atoms. The second kappa shape index (κ2) is 8.01. The molecule has 1 aromatic carbocycles. The second-order valence-corrected chi connectivity index (χ2v) is 6.68. The molecule has 1 unspecified atom stereocenters. The lowest BCUT2D eigenvalue weighted by Crippen LogP contribution is -2.25. The van der Waals surface area contributed by atoms with Gasteiger partial charge in [0.2, 0.25) is 5.91 Å². The van der Waals surface area contributed by atoms with Crippen molar-refractivity contribution in [3.8, 4) is 0 Å². The standard InChI is InChI=1S/C19H19F3N6O2/c1-11-10-16(19(20,21)22)26-28(11)12(2)17(29)23-13-4-6-14(7-5-13)24-18(30)15-8-9-27(3)25-15/h4-10,12H,1-3H3,(H,23,29)(H,24,30). The first-order chi connectivity index (χ1) is 14.0. The van der Waals surface area contributed by atoms with Gasteiger partial charge >= 0.3 is 6.18 Å². The van der Waals surface area contributed by atoms with Crippen molar-refractivity contribution in [2.75, 3.05) is 10.6 Å². The van der Waals surface area contributed by atoms with Crippen LogP contribution in [0, 0.1) is 6.92 Å². The van der Waals surface area contributed by atoms with E-state index in [-0.39, 0.29) is 17.3 Å². The Hall–Kier alpha value is -3.63. The number of hydrogen-bond acceptors (Lipinski definition) is 4. The van der Waals surface area contributed by atoms with Gasteiger partial charge in [-0.15, -0.1) is 0 Å². The Balaban J connectivity index is 1.64. The molecule has 0 aliphatic carbocycles. The highest BCUT2D eigenvalue weighted by atomic mass is 19.4. The summed E-state index contributed by atoms with van der Waals surface area (Å²) in [6.07, 6.45) is -2.94. The Bertz CT molecular complexity index is 1070. The SMILES string of the molecule is Cc1cc(C(F)(F)F)nn1C(C)C(=O)Nc1ccc(NC(=O)c2ccn(C)n2)cc1. The number of carbonyl (C=O) groups is 2. The molecule has 0 aliphatic rings. The van der Waals surface area contributed by atoms with Crippen molar-refractivity contribution >= 4 is 23.2 Å². The first kappa shape index (κ1) is 21.1. The summed E-state index contributed by atoms with van der Waals surface area (Å²) in [5, 5.41) is 12.8. The van der Waals surface area contributed by atoms with Crippen molar-refractivity contribution in [2.45, 2.75) is 26.1 Å². The molecule has 158 valence electrons. The fraction of sp³-hybridized carbons (Fsp3) is 0.263. The van der Waals surface area contributed by atoms with Gasteiger partial charge in [0.05, 0.1) is 0 Å². The number of aromatic nitrogens is 4. The number of aryl methyl sites for hydroxylation is 2. The molecule has 1 atom stereocenters. The third-order valence-corrected chi connectivity index (χ3v) is 4.32. The van der Waals surface area contributed by atoms with E-state index in [9.17, 15) is 22.8 Å². The maximum Gasteiger partial charge on any atom is 0.435 e. The van der Waals surface area contributed by atoms with Crippen molar-refractivity contribution in [3.63, 3.8) is 0 Å². The van der Waals surface area contributed by atoms with Crippen molar-refractivity contribution in [1.82, 2.24) is 19.6 Å². The average molecular weight is 420 g/mol. The molecule has 2 amide bonds. The summed E-state index contributed by atoms with van der Waals surface area (Å²) in [4.78, 5) is 24.5. The topological polar surface area (TPSA) is 93.8 Å². The van der Waals surface area contributed by atoms with Crippen LogP contribution in [0.5, 0.6) is 0 Å². The molecular weight excluding hydrogens is 401 g/mol. The van der Waals surface area contributed by atoms with Crippen molar-refractivity contribution < 1.29 is 22.8 Å². The molecule has 0 saturated carbocycles. The van der Waals surface area contributed by atoms with Crippen LogP contribution in [0.1, 0.15) is 34.8 Å². The van der Waals surface area contributed by atoms with Gasteiger partial charge in [-0.3, -0.25) is 19.0 Å². The van der Waals surface area contributed by atoms with Crippen LogP contribution in [0.25, 0.3) is 0 Å². The molecule has 3 rings (SSSR count). The highest BCUT2D eigenvalue weighted by molar-refractivity contribution is 6.03. The van der Waals surface area contributed by atoms with Crippen LogP contribution in [0.4, 0.5) is 24.5 Å². The number of halogens is 3. The van der Waals surface area contributed by atoms with E-state index in [0.717, 1.165) is 10.7 Å². The van der Waals surface area contributed by atoms with E-state index >= 15 is 0 Å². The smallest absolute Gasteiger partial charge is 0.324 e. The predicted molar refractivity (Wildman–Crippen MR) is 103 cm³/mol. The van der Waals surface area contributed by atoms with Gasteiger partial charge in [0.25, 0.3) is 5.91 Å². The van der Waals surface area contributed by atoms with Crippen molar-refractivity contribution in [1.29, 1.82) is 0 Å². The third-order valence-electron chi connectivity index (χ3n) is 4.32. The fourth-order valence-corrected chi connectivity index (χ4v) is 2.74. The number of nitrogens with zero attached hydrogens (tertiary/aromatic N) is 4. The number of hydrogen-bond donors (Lipinski definition) is 2. The lowest BCUT2D eigenvalue weighted by atomic mass is 10.2. The first-order valence-corrected chi connectivity index (χ1v) is 8.90. The van der Waals surface area contributed by atoms with E-state index in [1.165, 1.54) is 18.5 Å². The van der Waals surface area contributed by atoms with Crippen LogP contribution in [-0.2, 0) is 18.0 Å². The summed E-state index contributed by atoms with van der Waals surface area (Å²) in [7, 11) is 1.70. The minimum Gasteiger partial charge on any atom is -0.324 e. The van der Waals surface area contributed by atoms with E-state index in [1.807, 2.05) is 0 Å². The molecule has 2 aromatic heterocycles. The Morgan fingerprint density at radius 1 is 1.03 bits per heavy atom. The zero-order valence-corrected chi connectivity index (χ0v) is 16.4. The second-order valence-electron chi connectivity index (χ2n) is 6.68. The zero-order valence-electron chi connectivity index (χ0n) is 16.4. The lowest BCUT2D eigenvalue weighted by molar-refractivity contribution is -0.141. The Labute approximate surface area is 169 Å². The maximum atomic E-state index is 12.8. The summed E-state index contributed by atoms with van der Waals surface area (Å²) >= 11 is 0. The minimum absolute atomic E-state index is 0.220. The lowest BCUT2D eigenvalue weighted by Gasteiger charge is -2.15. The van der Waals surface area contributed by atoms with Gasteiger partial charge in [-0.2, -0.15) is 23.4 Å². The number of amides is 2. The van der Waals surface area contributed by atoms with E-state index < -0.39 is 23.8 Å². The van der Waals surface area contributed by atoms with E-state index in [4.69, 9.17) is 0 Å². The van der Waals surface area contributed by atoms with Crippen molar-refractivity contribution in [2.24, 2.45) is 7.05 Å². The number of alkyl halides is 3. The summed E-state index contributed by atoms with van der Waals surface area (Å²) in [5.41, 5.74) is 0.347. The third kappa shape index (κ3) is 4.67. The van der Waals surface area contributed by atoms with Crippen LogP contribution in [0.3, 0.4) is 0 Å². The molecule has 11 heteroatoms. The average Bonchev–Trinajstić information content (AvgIpc) is 3.28.